The van der Waals surface area contributed by atoms with Crippen molar-refractivity contribution in [1.29, 1.82) is 0 Å². The van der Waals surface area contributed by atoms with Crippen LogP contribution >= 0.6 is 0 Å². The predicted molar refractivity (Wildman–Crippen MR) is 240 cm³/mol. The van der Waals surface area contributed by atoms with E-state index in [-0.39, 0.29) is 0 Å². The first kappa shape index (κ1) is 31.4. The molecule has 0 spiro atoms. The van der Waals surface area contributed by atoms with Crippen LogP contribution in [0.4, 0.5) is 0 Å². The first-order valence-electron chi connectivity index (χ1n) is 19.8. The monoisotopic (exact) mass is 739 g/mol. The number of hydrogen-bond acceptors (Lipinski definition) is 1. The van der Waals surface area contributed by atoms with Gasteiger partial charge in [-0.3, -0.25) is 0 Å². The Kier molecular flexibility index (Phi) is 6.41. The summed E-state index contributed by atoms with van der Waals surface area (Å²) in [6, 6.07) is 72.4. The molecule has 0 N–H and O–H groups in total. The van der Waals surface area contributed by atoms with E-state index in [0.717, 1.165) is 45.2 Å². The van der Waals surface area contributed by atoms with Gasteiger partial charge in [-0.2, -0.15) is 0 Å². The van der Waals surface area contributed by atoms with Crippen LogP contribution in [0.5, 0.6) is 11.5 Å². The van der Waals surface area contributed by atoms with Crippen LogP contribution in [0.25, 0.3) is 105 Å². The SMILES string of the molecule is c1ccc2c(c1)Oc1c(-c3ccc(-c4ccc(-n5c6ccccc6c6cc(-n7c8ccccc8c8ccccc87)ccc65)cc4)cc3)ccc3c4ccccc4n-2c13. The second kappa shape index (κ2) is 11.8. The number of nitrogens with zero attached hydrogens (tertiary/aromatic N) is 3. The molecular weight excluding hydrogens is 707 g/mol. The van der Waals surface area contributed by atoms with Crippen LogP contribution in [-0.4, -0.2) is 13.7 Å². The number of rotatable bonds is 4. The van der Waals surface area contributed by atoms with Crippen molar-refractivity contribution in [3.8, 4) is 50.8 Å². The number of fused-ring (bicyclic) bond motifs is 11. The minimum Gasteiger partial charge on any atom is -0.452 e. The van der Waals surface area contributed by atoms with Crippen molar-refractivity contribution in [3.63, 3.8) is 0 Å². The number of para-hydroxylation sites is 6. The molecule has 0 atom stereocenters. The summed E-state index contributed by atoms with van der Waals surface area (Å²) in [6.45, 7) is 0. The quantitative estimate of drug-likeness (QED) is 0.176. The lowest BCUT2D eigenvalue weighted by molar-refractivity contribution is 0.478. The van der Waals surface area contributed by atoms with Crippen molar-refractivity contribution in [1.82, 2.24) is 13.7 Å². The molecule has 12 aromatic rings. The highest BCUT2D eigenvalue weighted by molar-refractivity contribution is 6.14. The van der Waals surface area contributed by atoms with Crippen LogP contribution in [0, 0.1) is 0 Å². The Labute approximate surface area is 333 Å². The zero-order valence-electron chi connectivity index (χ0n) is 31.3. The van der Waals surface area contributed by atoms with Crippen molar-refractivity contribution in [2.75, 3.05) is 0 Å². The molecule has 9 aromatic carbocycles. The highest BCUT2D eigenvalue weighted by atomic mass is 16.5. The zero-order chi connectivity index (χ0) is 37.9. The first-order valence-corrected chi connectivity index (χ1v) is 19.8. The Bertz CT molecular complexity index is 3580. The molecular formula is C54H33N3O. The van der Waals surface area contributed by atoms with Gasteiger partial charge in [-0.1, -0.05) is 127 Å². The van der Waals surface area contributed by atoms with Crippen LogP contribution in [0.3, 0.4) is 0 Å². The average Bonchev–Trinajstić information content (AvgIpc) is 3.93. The van der Waals surface area contributed by atoms with Gasteiger partial charge >= 0.3 is 0 Å². The number of hydrogen-bond donors (Lipinski definition) is 0. The summed E-state index contributed by atoms with van der Waals surface area (Å²) in [6.07, 6.45) is 0. The lowest BCUT2D eigenvalue weighted by Crippen LogP contribution is -2.04. The van der Waals surface area contributed by atoms with Crippen LogP contribution in [0.1, 0.15) is 0 Å². The number of ether oxygens (including phenoxy) is 1. The van der Waals surface area contributed by atoms with E-state index in [2.05, 4.69) is 208 Å². The molecule has 0 amide bonds. The molecule has 0 bridgehead atoms. The van der Waals surface area contributed by atoms with Gasteiger partial charge in [-0.15, -0.1) is 0 Å². The van der Waals surface area contributed by atoms with Crippen LogP contribution < -0.4 is 4.74 Å². The summed E-state index contributed by atoms with van der Waals surface area (Å²) < 4.78 is 13.9. The van der Waals surface area contributed by atoms with Crippen molar-refractivity contribution in [2.45, 2.75) is 0 Å². The van der Waals surface area contributed by atoms with E-state index in [9.17, 15) is 0 Å². The molecule has 1 aliphatic heterocycles. The molecule has 1 aliphatic rings. The Morgan fingerprint density at radius 3 is 1.43 bits per heavy atom. The van der Waals surface area contributed by atoms with Gasteiger partial charge in [0.1, 0.15) is 0 Å². The van der Waals surface area contributed by atoms with Crippen molar-refractivity contribution < 1.29 is 4.74 Å². The minimum absolute atomic E-state index is 0.869. The normalized spacial score (nSPS) is 12.3. The molecule has 0 saturated carbocycles. The van der Waals surface area contributed by atoms with Gasteiger partial charge in [0.15, 0.2) is 11.5 Å². The molecule has 58 heavy (non-hydrogen) atoms. The average molecular weight is 740 g/mol. The Balaban J connectivity index is 0.879. The molecule has 13 rings (SSSR count). The van der Waals surface area contributed by atoms with Crippen LogP contribution in [0.15, 0.2) is 200 Å². The lowest BCUT2D eigenvalue weighted by atomic mass is 9.98. The first-order chi connectivity index (χ1) is 28.8. The van der Waals surface area contributed by atoms with E-state index in [1.54, 1.807) is 0 Å². The van der Waals surface area contributed by atoms with Gasteiger partial charge in [-0.05, 0) is 89.5 Å². The third-order valence-corrected chi connectivity index (χ3v) is 12.3. The van der Waals surface area contributed by atoms with E-state index in [4.69, 9.17) is 4.74 Å². The number of aromatic nitrogens is 3. The van der Waals surface area contributed by atoms with E-state index in [0.29, 0.717) is 0 Å². The zero-order valence-corrected chi connectivity index (χ0v) is 31.3. The van der Waals surface area contributed by atoms with Crippen molar-refractivity contribution >= 4 is 65.4 Å². The fourth-order valence-corrected chi connectivity index (χ4v) is 9.67. The van der Waals surface area contributed by atoms with Crippen molar-refractivity contribution in [2.24, 2.45) is 0 Å². The molecule has 0 saturated heterocycles. The van der Waals surface area contributed by atoms with Crippen molar-refractivity contribution in [3.05, 3.63) is 200 Å². The minimum atomic E-state index is 0.869. The third-order valence-electron chi connectivity index (χ3n) is 12.3. The summed E-state index contributed by atoms with van der Waals surface area (Å²) in [5.74, 6) is 1.77. The molecule has 4 nitrogen and oxygen atoms in total. The third kappa shape index (κ3) is 4.34. The van der Waals surface area contributed by atoms with Gasteiger partial charge in [-0.25, -0.2) is 0 Å². The molecule has 3 aromatic heterocycles. The maximum absolute atomic E-state index is 6.72. The topological polar surface area (TPSA) is 24.0 Å². The molecule has 0 radical (unpaired) electrons. The van der Waals surface area contributed by atoms with E-state index in [1.807, 2.05) is 6.07 Å². The smallest absolute Gasteiger partial charge is 0.160 e. The van der Waals surface area contributed by atoms with Crippen LogP contribution in [0.2, 0.25) is 0 Å². The van der Waals surface area contributed by atoms with Gasteiger partial charge < -0.3 is 18.4 Å². The highest BCUT2D eigenvalue weighted by Crippen LogP contribution is 2.49. The summed E-state index contributed by atoms with van der Waals surface area (Å²) in [5, 5.41) is 7.45. The molecule has 270 valence electrons. The Morgan fingerprint density at radius 2 is 0.776 bits per heavy atom. The van der Waals surface area contributed by atoms with Gasteiger partial charge in [0, 0.05) is 49.3 Å². The summed E-state index contributed by atoms with van der Waals surface area (Å²) in [5.41, 5.74) is 15.0. The molecule has 0 unspecified atom stereocenters. The molecule has 0 fully saturated rings. The summed E-state index contributed by atoms with van der Waals surface area (Å²) in [7, 11) is 0. The second-order valence-corrected chi connectivity index (χ2v) is 15.3. The highest BCUT2D eigenvalue weighted by Gasteiger charge is 2.26. The Morgan fingerprint density at radius 1 is 0.310 bits per heavy atom. The largest absolute Gasteiger partial charge is 0.452 e. The lowest BCUT2D eigenvalue weighted by Gasteiger charge is -2.23. The van der Waals surface area contributed by atoms with Gasteiger partial charge in [0.05, 0.1) is 38.8 Å². The standard InChI is InChI=1S/C54H33N3O/c1-5-15-46-40(11-1)41-12-2-6-16-47(41)56(46)38-29-32-50-45(33-38)43-14-4-7-17-48(43)55(50)37-27-25-35(26-28-37)34-21-23-36(24-22-34)39-30-31-44-42-13-3-8-18-49(42)57-51-19-9-10-20-52(51)58-54(39)53(44)57/h1-33H. The Hall–Kier alpha value is -7.82. The summed E-state index contributed by atoms with van der Waals surface area (Å²) in [4.78, 5) is 0. The van der Waals surface area contributed by atoms with Crippen LogP contribution in [-0.2, 0) is 0 Å². The fourth-order valence-electron chi connectivity index (χ4n) is 9.67. The molecule has 0 aliphatic carbocycles. The predicted octanol–water partition coefficient (Wildman–Crippen LogP) is 14.4. The molecule has 4 heteroatoms. The van der Waals surface area contributed by atoms with Gasteiger partial charge in [0.25, 0.3) is 0 Å². The maximum atomic E-state index is 6.72. The summed E-state index contributed by atoms with van der Waals surface area (Å²) >= 11 is 0. The van der Waals surface area contributed by atoms with E-state index >= 15 is 0 Å². The second-order valence-electron chi connectivity index (χ2n) is 15.3. The maximum Gasteiger partial charge on any atom is 0.160 e. The van der Waals surface area contributed by atoms with E-state index < -0.39 is 0 Å². The molecule has 4 heterocycles. The van der Waals surface area contributed by atoms with E-state index in [1.165, 1.54) is 71.0 Å². The number of benzene rings is 9. The van der Waals surface area contributed by atoms with Gasteiger partial charge in [0.2, 0.25) is 0 Å². The fraction of sp³-hybridized carbons (Fsp3) is 0.